The van der Waals surface area contributed by atoms with Crippen molar-refractivity contribution in [3.8, 4) is 0 Å². The maximum Gasteiger partial charge on any atom is 0.133 e. The molecule has 0 saturated carbocycles. The smallest absolute Gasteiger partial charge is 0.133 e. The molecule has 0 unspecified atom stereocenters. The van der Waals surface area contributed by atoms with Crippen molar-refractivity contribution in [1.29, 1.82) is 0 Å². The van der Waals surface area contributed by atoms with Gasteiger partial charge in [0.25, 0.3) is 0 Å². The van der Waals surface area contributed by atoms with Crippen LogP contribution in [0.2, 0.25) is 5.02 Å². The third-order valence-corrected chi connectivity index (χ3v) is 2.43. The molecule has 0 fully saturated rings. The Bertz CT molecular complexity index is 488. The van der Waals surface area contributed by atoms with E-state index >= 15 is 0 Å². The van der Waals surface area contributed by atoms with E-state index in [1.54, 1.807) is 12.1 Å². The molecule has 0 bridgehead atoms. The van der Waals surface area contributed by atoms with E-state index in [4.69, 9.17) is 11.6 Å². The van der Waals surface area contributed by atoms with Crippen LogP contribution in [0.15, 0.2) is 53.5 Å². The molecule has 0 amide bonds. The van der Waals surface area contributed by atoms with Gasteiger partial charge in [-0.1, -0.05) is 35.9 Å². The summed E-state index contributed by atoms with van der Waals surface area (Å²) in [5, 5.41) is 0.361. The minimum absolute atomic E-state index is 0.313. The molecule has 80 valence electrons. The quantitative estimate of drug-likeness (QED) is 0.689. The molecule has 0 aliphatic rings. The van der Waals surface area contributed by atoms with E-state index in [2.05, 4.69) is 4.99 Å². The second-order valence-corrected chi connectivity index (χ2v) is 3.64. The molecule has 0 saturated heterocycles. The molecule has 2 aromatic carbocycles. The number of hydrogen-bond acceptors (Lipinski definition) is 1. The van der Waals surface area contributed by atoms with Crippen molar-refractivity contribution < 1.29 is 4.39 Å². The van der Waals surface area contributed by atoms with Crippen molar-refractivity contribution in [3.05, 3.63) is 64.9 Å². The Labute approximate surface area is 98.2 Å². The lowest BCUT2D eigenvalue weighted by molar-refractivity contribution is 0.626. The van der Waals surface area contributed by atoms with Crippen molar-refractivity contribution in [2.45, 2.75) is 0 Å². The Morgan fingerprint density at radius 2 is 1.75 bits per heavy atom. The molecule has 2 rings (SSSR count). The maximum atomic E-state index is 13.4. The summed E-state index contributed by atoms with van der Waals surface area (Å²) < 4.78 is 13.4. The van der Waals surface area contributed by atoms with Gasteiger partial charge in [0, 0.05) is 11.8 Å². The van der Waals surface area contributed by atoms with E-state index in [1.165, 1.54) is 12.3 Å². The number of nitrogens with zero attached hydrogens (tertiary/aromatic N) is 1. The van der Waals surface area contributed by atoms with Gasteiger partial charge in [-0.05, 0) is 24.3 Å². The third kappa shape index (κ3) is 2.47. The van der Waals surface area contributed by atoms with Gasteiger partial charge in [0.2, 0.25) is 0 Å². The van der Waals surface area contributed by atoms with Gasteiger partial charge < -0.3 is 0 Å². The fourth-order valence-electron chi connectivity index (χ4n) is 1.29. The van der Waals surface area contributed by atoms with Gasteiger partial charge in [-0.25, -0.2) is 4.39 Å². The predicted molar refractivity (Wildman–Crippen MR) is 65.1 cm³/mol. The van der Waals surface area contributed by atoms with Gasteiger partial charge in [0.1, 0.15) is 5.82 Å². The lowest BCUT2D eigenvalue weighted by atomic mass is 10.2. The van der Waals surface area contributed by atoms with Crippen LogP contribution < -0.4 is 0 Å². The van der Waals surface area contributed by atoms with Gasteiger partial charge in [-0.2, -0.15) is 0 Å². The SMILES string of the molecule is Fc1cccc(Cl)c1/C=N/c1ccccc1. The van der Waals surface area contributed by atoms with E-state index < -0.39 is 0 Å². The summed E-state index contributed by atoms with van der Waals surface area (Å²) in [5.41, 5.74) is 1.08. The van der Waals surface area contributed by atoms with Crippen LogP contribution in [0.4, 0.5) is 10.1 Å². The Balaban J connectivity index is 2.31. The van der Waals surface area contributed by atoms with Crippen molar-refractivity contribution in [1.82, 2.24) is 0 Å². The molecule has 0 aliphatic carbocycles. The predicted octanol–water partition coefficient (Wildman–Crippen LogP) is 4.23. The van der Waals surface area contributed by atoms with E-state index in [0.29, 0.717) is 10.6 Å². The molecule has 3 heteroatoms. The zero-order valence-corrected chi connectivity index (χ0v) is 9.16. The minimum atomic E-state index is -0.368. The van der Waals surface area contributed by atoms with Crippen LogP contribution in [0.3, 0.4) is 0 Å². The van der Waals surface area contributed by atoms with Crippen LogP contribution in [0, 0.1) is 5.82 Å². The zero-order chi connectivity index (χ0) is 11.4. The Morgan fingerprint density at radius 1 is 1.00 bits per heavy atom. The van der Waals surface area contributed by atoms with Crippen molar-refractivity contribution in [2.24, 2.45) is 4.99 Å². The summed E-state index contributed by atoms with van der Waals surface area (Å²) in [7, 11) is 0. The molecular weight excluding hydrogens is 225 g/mol. The molecule has 0 atom stereocenters. The molecule has 0 spiro atoms. The van der Waals surface area contributed by atoms with Crippen molar-refractivity contribution >= 4 is 23.5 Å². The maximum absolute atomic E-state index is 13.4. The number of halogens is 2. The molecule has 0 heterocycles. The minimum Gasteiger partial charge on any atom is -0.256 e. The highest BCUT2D eigenvalue weighted by Gasteiger charge is 2.02. The monoisotopic (exact) mass is 233 g/mol. The van der Waals surface area contributed by atoms with Crippen LogP contribution in [0.25, 0.3) is 0 Å². The average molecular weight is 234 g/mol. The Hall–Kier alpha value is -1.67. The lowest BCUT2D eigenvalue weighted by Gasteiger charge is -1.98. The molecule has 0 N–H and O–H groups in total. The van der Waals surface area contributed by atoms with E-state index in [1.807, 2.05) is 30.3 Å². The first kappa shape index (κ1) is 10.8. The summed E-state index contributed by atoms with van der Waals surface area (Å²) in [6.45, 7) is 0. The summed E-state index contributed by atoms with van der Waals surface area (Å²) >= 11 is 5.86. The van der Waals surface area contributed by atoms with Gasteiger partial charge >= 0.3 is 0 Å². The van der Waals surface area contributed by atoms with Crippen LogP contribution in [0.1, 0.15) is 5.56 Å². The number of hydrogen-bond donors (Lipinski definition) is 0. The fraction of sp³-hybridized carbons (Fsp3) is 0. The number of benzene rings is 2. The van der Waals surface area contributed by atoms with Crippen molar-refractivity contribution in [3.63, 3.8) is 0 Å². The Kier molecular flexibility index (Phi) is 3.32. The molecule has 0 aromatic heterocycles. The fourth-order valence-corrected chi connectivity index (χ4v) is 1.50. The summed E-state index contributed by atoms with van der Waals surface area (Å²) in [4.78, 5) is 4.15. The first-order chi connectivity index (χ1) is 7.77. The van der Waals surface area contributed by atoms with Crippen LogP contribution in [-0.2, 0) is 0 Å². The van der Waals surface area contributed by atoms with Crippen LogP contribution in [0.5, 0.6) is 0 Å². The molecule has 16 heavy (non-hydrogen) atoms. The van der Waals surface area contributed by atoms with Gasteiger partial charge in [-0.15, -0.1) is 0 Å². The second-order valence-electron chi connectivity index (χ2n) is 3.23. The Morgan fingerprint density at radius 3 is 2.44 bits per heavy atom. The largest absolute Gasteiger partial charge is 0.256 e. The number of aliphatic imine (C=N–C) groups is 1. The topological polar surface area (TPSA) is 12.4 Å². The second kappa shape index (κ2) is 4.90. The lowest BCUT2D eigenvalue weighted by Crippen LogP contribution is -1.88. The summed E-state index contributed by atoms with van der Waals surface area (Å²) in [5.74, 6) is -0.368. The van der Waals surface area contributed by atoms with E-state index in [0.717, 1.165) is 5.69 Å². The molecular formula is C13H9ClFN. The highest BCUT2D eigenvalue weighted by atomic mass is 35.5. The first-order valence-corrected chi connectivity index (χ1v) is 5.18. The third-order valence-electron chi connectivity index (χ3n) is 2.10. The number of rotatable bonds is 2. The molecule has 0 aliphatic heterocycles. The first-order valence-electron chi connectivity index (χ1n) is 4.80. The summed E-state index contributed by atoms with van der Waals surface area (Å²) in [6, 6.07) is 13.9. The van der Waals surface area contributed by atoms with Gasteiger partial charge in [-0.3, -0.25) is 4.99 Å². The normalized spacial score (nSPS) is 10.9. The number of para-hydroxylation sites is 1. The highest BCUT2D eigenvalue weighted by Crippen LogP contribution is 2.18. The molecule has 2 aromatic rings. The average Bonchev–Trinajstić information content (AvgIpc) is 2.30. The molecule has 0 radical (unpaired) electrons. The van der Waals surface area contributed by atoms with Gasteiger partial charge in [0.05, 0.1) is 10.7 Å². The van der Waals surface area contributed by atoms with Crippen LogP contribution >= 0.6 is 11.6 Å². The van der Waals surface area contributed by atoms with Gasteiger partial charge in [0.15, 0.2) is 0 Å². The summed E-state index contributed by atoms with van der Waals surface area (Å²) in [6.07, 6.45) is 1.44. The zero-order valence-electron chi connectivity index (χ0n) is 8.40. The van der Waals surface area contributed by atoms with E-state index in [-0.39, 0.29) is 5.82 Å². The highest BCUT2D eigenvalue weighted by molar-refractivity contribution is 6.33. The van der Waals surface area contributed by atoms with E-state index in [9.17, 15) is 4.39 Å². The van der Waals surface area contributed by atoms with Crippen molar-refractivity contribution in [2.75, 3.05) is 0 Å². The molecule has 1 nitrogen and oxygen atoms in total. The van der Waals surface area contributed by atoms with Crippen LogP contribution in [-0.4, -0.2) is 6.21 Å². The standard InChI is InChI=1S/C13H9ClFN/c14-12-7-4-8-13(15)11(12)9-16-10-5-2-1-3-6-10/h1-9H/b16-9+.